The molecule has 2 amide bonds. The number of nitrogens with zero attached hydrogens (tertiary/aromatic N) is 1. The van der Waals surface area contributed by atoms with E-state index in [1.54, 1.807) is 29.2 Å². The largest absolute Gasteiger partial charge is 0.454 e. The van der Waals surface area contributed by atoms with Crippen LogP contribution in [0.25, 0.3) is 0 Å². The third-order valence-electron chi connectivity index (χ3n) is 3.93. The van der Waals surface area contributed by atoms with Gasteiger partial charge in [0.2, 0.25) is 12.7 Å². The smallest absolute Gasteiger partial charge is 0.254 e. The van der Waals surface area contributed by atoms with Gasteiger partial charge in [-0.15, -0.1) is 0 Å². The maximum absolute atomic E-state index is 12.7. The Bertz CT molecular complexity index is 787. The van der Waals surface area contributed by atoms with E-state index in [0.29, 0.717) is 30.1 Å². The Balaban J connectivity index is 1.71. The highest BCUT2D eigenvalue weighted by atomic mass is 16.7. The SMILES string of the molecule is CCN(Cc1ccc2c(c1)OCO2)C(=O)c1ccc(NC(C)=O)cc1. The first kappa shape index (κ1) is 16.8. The van der Waals surface area contributed by atoms with Gasteiger partial charge in [-0.2, -0.15) is 0 Å². The van der Waals surface area contributed by atoms with Crippen molar-refractivity contribution in [2.45, 2.75) is 20.4 Å². The zero-order valence-electron chi connectivity index (χ0n) is 14.2. The van der Waals surface area contributed by atoms with Crippen LogP contribution in [-0.4, -0.2) is 30.1 Å². The van der Waals surface area contributed by atoms with Crippen LogP contribution >= 0.6 is 0 Å². The molecule has 2 aromatic rings. The van der Waals surface area contributed by atoms with Crippen LogP contribution in [0.4, 0.5) is 5.69 Å². The fraction of sp³-hybridized carbons (Fsp3) is 0.263. The Kier molecular flexibility index (Phi) is 4.88. The van der Waals surface area contributed by atoms with Gasteiger partial charge in [0, 0.05) is 31.3 Å². The number of nitrogens with one attached hydrogen (secondary N) is 1. The van der Waals surface area contributed by atoms with Gasteiger partial charge in [-0.25, -0.2) is 0 Å². The lowest BCUT2D eigenvalue weighted by atomic mass is 10.1. The fourth-order valence-electron chi connectivity index (χ4n) is 2.67. The number of carbonyl (C=O) groups excluding carboxylic acids is 2. The topological polar surface area (TPSA) is 67.9 Å². The first-order chi connectivity index (χ1) is 12.1. The van der Waals surface area contributed by atoms with Crippen molar-refractivity contribution in [1.82, 2.24) is 4.90 Å². The molecule has 6 heteroatoms. The molecule has 0 atom stereocenters. The summed E-state index contributed by atoms with van der Waals surface area (Å²) in [5, 5.41) is 2.69. The number of rotatable bonds is 5. The second-order valence-electron chi connectivity index (χ2n) is 5.77. The summed E-state index contributed by atoms with van der Waals surface area (Å²) >= 11 is 0. The van der Waals surface area contributed by atoms with Crippen molar-refractivity contribution >= 4 is 17.5 Å². The minimum atomic E-state index is -0.142. The van der Waals surface area contributed by atoms with Crippen LogP contribution in [0, 0.1) is 0 Å². The van der Waals surface area contributed by atoms with E-state index >= 15 is 0 Å². The van der Waals surface area contributed by atoms with Crippen LogP contribution in [0.1, 0.15) is 29.8 Å². The highest BCUT2D eigenvalue weighted by Gasteiger charge is 2.17. The van der Waals surface area contributed by atoms with E-state index in [0.717, 1.165) is 11.3 Å². The Morgan fingerprint density at radius 2 is 1.80 bits per heavy atom. The van der Waals surface area contributed by atoms with Crippen LogP contribution in [0.15, 0.2) is 42.5 Å². The van der Waals surface area contributed by atoms with Crippen molar-refractivity contribution < 1.29 is 19.1 Å². The number of fused-ring (bicyclic) bond motifs is 1. The first-order valence-electron chi connectivity index (χ1n) is 8.12. The van der Waals surface area contributed by atoms with Gasteiger partial charge >= 0.3 is 0 Å². The molecule has 0 saturated heterocycles. The molecule has 0 saturated carbocycles. The maximum atomic E-state index is 12.7. The van der Waals surface area contributed by atoms with Gasteiger partial charge in [0.15, 0.2) is 11.5 Å². The minimum absolute atomic E-state index is 0.0606. The van der Waals surface area contributed by atoms with Crippen LogP contribution in [0.2, 0.25) is 0 Å². The number of ether oxygens (including phenoxy) is 2. The molecule has 1 N–H and O–H groups in total. The van der Waals surface area contributed by atoms with Gasteiger partial charge in [0.1, 0.15) is 0 Å². The lowest BCUT2D eigenvalue weighted by Gasteiger charge is -2.21. The van der Waals surface area contributed by atoms with E-state index in [4.69, 9.17) is 9.47 Å². The van der Waals surface area contributed by atoms with Gasteiger partial charge in [0.25, 0.3) is 5.91 Å². The van der Waals surface area contributed by atoms with Crippen molar-refractivity contribution in [3.63, 3.8) is 0 Å². The van der Waals surface area contributed by atoms with Crippen LogP contribution in [0.5, 0.6) is 11.5 Å². The summed E-state index contributed by atoms with van der Waals surface area (Å²) in [6.07, 6.45) is 0. The molecular weight excluding hydrogens is 320 g/mol. The normalized spacial score (nSPS) is 11.9. The van der Waals surface area contributed by atoms with E-state index < -0.39 is 0 Å². The summed E-state index contributed by atoms with van der Waals surface area (Å²) in [6, 6.07) is 12.6. The monoisotopic (exact) mass is 340 g/mol. The zero-order chi connectivity index (χ0) is 17.8. The van der Waals surface area contributed by atoms with E-state index in [9.17, 15) is 9.59 Å². The summed E-state index contributed by atoms with van der Waals surface area (Å²) in [5.74, 6) is 1.24. The van der Waals surface area contributed by atoms with Gasteiger partial charge in [-0.05, 0) is 48.9 Å². The summed E-state index contributed by atoms with van der Waals surface area (Å²) in [6.45, 7) is 4.69. The Morgan fingerprint density at radius 3 is 2.48 bits per heavy atom. The number of hydrogen-bond donors (Lipinski definition) is 1. The number of hydrogen-bond acceptors (Lipinski definition) is 4. The second kappa shape index (κ2) is 7.25. The molecule has 0 aromatic heterocycles. The van der Waals surface area contributed by atoms with E-state index in [-0.39, 0.29) is 18.6 Å². The number of amides is 2. The Hall–Kier alpha value is -3.02. The summed E-state index contributed by atoms with van der Waals surface area (Å²) in [5.41, 5.74) is 2.23. The quantitative estimate of drug-likeness (QED) is 0.908. The molecule has 3 rings (SSSR count). The number of anilines is 1. The number of benzene rings is 2. The summed E-state index contributed by atoms with van der Waals surface area (Å²) in [4.78, 5) is 25.6. The summed E-state index contributed by atoms with van der Waals surface area (Å²) < 4.78 is 10.7. The zero-order valence-corrected chi connectivity index (χ0v) is 14.2. The van der Waals surface area contributed by atoms with Crippen molar-refractivity contribution in [2.75, 3.05) is 18.7 Å². The second-order valence-corrected chi connectivity index (χ2v) is 5.77. The highest BCUT2D eigenvalue weighted by Crippen LogP contribution is 2.32. The van der Waals surface area contributed by atoms with Crippen LogP contribution in [-0.2, 0) is 11.3 Å². The molecule has 0 bridgehead atoms. The fourth-order valence-corrected chi connectivity index (χ4v) is 2.67. The lowest BCUT2D eigenvalue weighted by molar-refractivity contribution is -0.114. The molecule has 0 spiro atoms. The van der Waals surface area contributed by atoms with Crippen molar-refractivity contribution in [3.05, 3.63) is 53.6 Å². The van der Waals surface area contributed by atoms with Gasteiger partial charge < -0.3 is 19.7 Å². The molecule has 25 heavy (non-hydrogen) atoms. The molecule has 1 aliphatic rings. The molecule has 1 aliphatic heterocycles. The van der Waals surface area contributed by atoms with E-state index in [1.165, 1.54) is 6.92 Å². The van der Waals surface area contributed by atoms with Crippen molar-refractivity contribution in [2.24, 2.45) is 0 Å². The molecule has 0 radical (unpaired) electrons. The molecule has 0 unspecified atom stereocenters. The van der Waals surface area contributed by atoms with Crippen LogP contribution < -0.4 is 14.8 Å². The van der Waals surface area contributed by atoms with Crippen molar-refractivity contribution in [1.29, 1.82) is 0 Å². The average Bonchev–Trinajstić information content (AvgIpc) is 3.07. The molecule has 0 aliphatic carbocycles. The predicted octanol–water partition coefficient (Wildman–Crippen LogP) is 3.04. The Morgan fingerprint density at radius 1 is 1.08 bits per heavy atom. The molecule has 2 aromatic carbocycles. The standard InChI is InChI=1S/C19H20N2O4/c1-3-21(11-14-4-9-17-18(10-14)25-12-24-17)19(23)15-5-7-16(8-6-15)20-13(2)22/h4-10H,3,11-12H2,1-2H3,(H,20,22). The van der Waals surface area contributed by atoms with Gasteiger partial charge in [0.05, 0.1) is 0 Å². The molecular formula is C19H20N2O4. The minimum Gasteiger partial charge on any atom is -0.454 e. The van der Waals surface area contributed by atoms with Gasteiger partial charge in [-0.3, -0.25) is 9.59 Å². The van der Waals surface area contributed by atoms with E-state index in [2.05, 4.69) is 5.32 Å². The maximum Gasteiger partial charge on any atom is 0.254 e. The Labute approximate surface area is 146 Å². The van der Waals surface area contributed by atoms with Gasteiger partial charge in [-0.1, -0.05) is 6.07 Å². The molecule has 6 nitrogen and oxygen atoms in total. The first-order valence-corrected chi connectivity index (χ1v) is 8.12. The molecule has 1 heterocycles. The van der Waals surface area contributed by atoms with Crippen LogP contribution in [0.3, 0.4) is 0 Å². The molecule has 0 fully saturated rings. The summed E-state index contributed by atoms with van der Waals surface area (Å²) in [7, 11) is 0. The highest BCUT2D eigenvalue weighted by molar-refractivity contribution is 5.95. The lowest BCUT2D eigenvalue weighted by Crippen LogP contribution is -2.30. The third kappa shape index (κ3) is 3.91. The predicted molar refractivity (Wildman–Crippen MR) is 93.7 cm³/mol. The third-order valence-corrected chi connectivity index (χ3v) is 3.93. The molecule has 130 valence electrons. The average molecular weight is 340 g/mol. The van der Waals surface area contributed by atoms with Crippen molar-refractivity contribution in [3.8, 4) is 11.5 Å². The number of carbonyl (C=O) groups is 2. The van der Waals surface area contributed by atoms with E-state index in [1.807, 2.05) is 25.1 Å².